The van der Waals surface area contributed by atoms with Crippen molar-refractivity contribution in [3.05, 3.63) is 35.4 Å². The van der Waals surface area contributed by atoms with Crippen LogP contribution in [0, 0.1) is 0 Å². The van der Waals surface area contributed by atoms with E-state index in [1.54, 1.807) is 24.3 Å². The molecule has 0 bridgehead atoms. The summed E-state index contributed by atoms with van der Waals surface area (Å²) in [7, 11) is 0. The third kappa shape index (κ3) is 4.52. The van der Waals surface area contributed by atoms with Crippen LogP contribution < -0.4 is 16.8 Å². The van der Waals surface area contributed by atoms with Crippen molar-refractivity contribution >= 4 is 12.0 Å². The highest BCUT2D eigenvalue weighted by Crippen LogP contribution is 2.03. The molecule has 92 valence electrons. The molecule has 1 aromatic carbocycles. The molecule has 6 nitrogen and oxygen atoms in total. The molecule has 6 heteroatoms. The van der Waals surface area contributed by atoms with Gasteiger partial charge in [-0.05, 0) is 17.7 Å². The van der Waals surface area contributed by atoms with Gasteiger partial charge in [-0.15, -0.1) is 0 Å². The molecule has 0 atom stereocenters. The quantitative estimate of drug-likeness (QED) is 0.625. The van der Waals surface area contributed by atoms with Crippen LogP contribution in [0.1, 0.15) is 15.9 Å². The zero-order valence-corrected chi connectivity index (χ0v) is 9.31. The molecular formula is C11H15N3O3. The number of hydrogen-bond donors (Lipinski definition) is 3. The van der Waals surface area contributed by atoms with E-state index < -0.39 is 6.09 Å². The highest BCUT2D eigenvalue weighted by molar-refractivity contribution is 5.94. The lowest BCUT2D eigenvalue weighted by Gasteiger charge is -2.05. The van der Waals surface area contributed by atoms with E-state index in [4.69, 9.17) is 11.5 Å². The molecule has 0 aromatic heterocycles. The molecule has 17 heavy (non-hydrogen) atoms. The second-order valence-corrected chi connectivity index (χ2v) is 3.32. The van der Waals surface area contributed by atoms with Gasteiger partial charge in [-0.1, -0.05) is 12.1 Å². The van der Waals surface area contributed by atoms with Gasteiger partial charge >= 0.3 is 6.09 Å². The van der Waals surface area contributed by atoms with Crippen molar-refractivity contribution in [3.8, 4) is 0 Å². The highest BCUT2D eigenvalue weighted by Gasteiger charge is 2.04. The van der Waals surface area contributed by atoms with E-state index in [-0.39, 0.29) is 19.1 Å². The fourth-order valence-corrected chi connectivity index (χ4v) is 1.21. The number of hydrogen-bond acceptors (Lipinski definition) is 4. The molecule has 0 unspecified atom stereocenters. The summed E-state index contributed by atoms with van der Waals surface area (Å²) in [6.07, 6.45) is -0.855. The van der Waals surface area contributed by atoms with Crippen LogP contribution in [0.5, 0.6) is 0 Å². The molecular weight excluding hydrogens is 222 g/mol. The highest BCUT2D eigenvalue weighted by atomic mass is 16.5. The number of amides is 2. The summed E-state index contributed by atoms with van der Waals surface area (Å²) >= 11 is 0. The van der Waals surface area contributed by atoms with E-state index in [1.165, 1.54) is 0 Å². The van der Waals surface area contributed by atoms with Crippen molar-refractivity contribution in [1.29, 1.82) is 0 Å². The van der Waals surface area contributed by atoms with Crippen molar-refractivity contribution in [2.45, 2.75) is 6.54 Å². The monoisotopic (exact) mass is 237 g/mol. The van der Waals surface area contributed by atoms with Crippen LogP contribution in [0.15, 0.2) is 24.3 Å². The fraction of sp³-hybridized carbons (Fsp3) is 0.273. The predicted octanol–water partition coefficient (Wildman–Crippen LogP) is -0.0296. The summed E-state index contributed by atoms with van der Waals surface area (Å²) in [5, 5.41) is 2.59. The topological polar surface area (TPSA) is 107 Å². The molecule has 0 aliphatic carbocycles. The fourth-order valence-electron chi connectivity index (χ4n) is 1.21. The molecule has 0 heterocycles. The Balaban J connectivity index is 2.38. The maximum atomic E-state index is 11.6. The average Bonchev–Trinajstić information content (AvgIpc) is 2.34. The van der Waals surface area contributed by atoms with E-state index in [0.717, 1.165) is 5.56 Å². The van der Waals surface area contributed by atoms with E-state index in [1.807, 2.05) is 0 Å². The summed E-state index contributed by atoms with van der Waals surface area (Å²) in [6.45, 7) is 0.719. The van der Waals surface area contributed by atoms with Crippen molar-refractivity contribution in [1.82, 2.24) is 5.32 Å². The van der Waals surface area contributed by atoms with E-state index in [9.17, 15) is 9.59 Å². The number of carbonyl (C=O) groups is 2. The number of nitrogens with two attached hydrogens (primary N) is 2. The first kappa shape index (κ1) is 13.0. The number of carbonyl (C=O) groups excluding carboxylic acids is 2. The molecule has 0 saturated carbocycles. The van der Waals surface area contributed by atoms with Gasteiger partial charge in [0, 0.05) is 12.1 Å². The lowest BCUT2D eigenvalue weighted by atomic mass is 10.1. The smallest absolute Gasteiger partial charge is 0.404 e. The van der Waals surface area contributed by atoms with Crippen molar-refractivity contribution in [2.24, 2.45) is 11.5 Å². The van der Waals surface area contributed by atoms with Gasteiger partial charge in [0.1, 0.15) is 6.61 Å². The van der Waals surface area contributed by atoms with E-state index in [0.29, 0.717) is 12.1 Å². The molecule has 2 amide bonds. The van der Waals surface area contributed by atoms with Crippen molar-refractivity contribution in [2.75, 3.05) is 13.2 Å². The summed E-state index contributed by atoms with van der Waals surface area (Å²) in [4.78, 5) is 21.8. The summed E-state index contributed by atoms with van der Waals surface area (Å²) < 4.78 is 4.47. The summed E-state index contributed by atoms with van der Waals surface area (Å²) in [5.41, 5.74) is 11.7. The third-order valence-electron chi connectivity index (χ3n) is 2.08. The Labute approximate surface area is 98.9 Å². The molecule has 0 radical (unpaired) electrons. The minimum atomic E-state index is -0.855. The first-order chi connectivity index (χ1) is 8.13. The van der Waals surface area contributed by atoms with Gasteiger partial charge in [-0.25, -0.2) is 4.79 Å². The number of nitrogens with one attached hydrogen (secondary N) is 1. The second-order valence-electron chi connectivity index (χ2n) is 3.32. The normalized spacial score (nSPS) is 9.71. The third-order valence-corrected chi connectivity index (χ3v) is 2.08. The number of rotatable bonds is 5. The molecule has 5 N–H and O–H groups in total. The van der Waals surface area contributed by atoms with Crippen LogP contribution in [-0.2, 0) is 11.3 Å². The van der Waals surface area contributed by atoms with Gasteiger partial charge in [0.15, 0.2) is 0 Å². The van der Waals surface area contributed by atoms with Gasteiger partial charge in [0.25, 0.3) is 5.91 Å². The van der Waals surface area contributed by atoms with Gasteiger partial charge < -0.3 is 21.5 Å². The lowest BCUT2D eigenvalue weighted by Crippen LogP contribution is -2.29. The molecule has 1 aromatic rings. The van der Waals surface area contributed by atoms with Crippen LogP contribution in [0.2, 0.25) is 0 Å². The van der Waals surface area contributed by atoms with Crippen LogP contribution >= 0.6 is 0 Å². The zero-order valence-electron chi connectivity index (χ0n) is 9.31. The van der Waals surface area contributed by atoms with Gasteiger partial charge in [0.05, 0.1) is 6.54 Å². The number of ether oxygens (including phenoxy) is 1. The van der Waals surface area contributed by atoms with E-state index >= 15 is 0 Å². The van der Waals surface area contributed by atoms with Crippen molar-refractivity contribution < 1.29 is 14.3 Å². The van der Waals surface area contributed by atoms with Crippen LogP contribution in [0.3, 0.4) is 0 Å². The molecule has 0 aliphatic heterocycles. The molecule has 1 rings (SSSR count). The number of primary amides is 1. The van der Waals surface area contributed by atoms with Crippen LogP contribution in [0.4, 0.5) is 4.79 Å². The Morgan fingerprint density at radius 2 is 1.88 bits per heavy atom. The molecule has 0 spiro atoms. The Bertz CT molecular complexity index is 389. The van der Waals surface area contributed by atoms with Crippen molar-refractivity contribution in [3.63, 3.8) is 0 Å². The van der Waals surface area contributed by atoms with Crippen LogP contribution in [-0.4, -0.2) is 25.2 Å². The zero-order chi connectivity index (χ0) is 12.7. The second kappa shape index (κ2) is 6.49. The predicted molar refractivity (Wildman–Crippen MR) is 62.2 cm³/mol. The Morgan fingerprint density at radius 1 is 1.24 bits per heavy atom. The van der Waals surface area contributed by atoms with Gasteiger partial charge in [-0.2, -0.15) is 0 Å². The van der Waals surface area contributed by atoms with Crippen LogP contribution in [0.25, 0.3) is 0 Å². The largest absolute Gasteiger partial charge is 0.448 e. The molecule has 0 saturated heterocycles. The maximum Gasteiger partial charge on any atom is 0.404 e. The number of benzene rings is 1. The standard InChI is InChI=1S/C11H15N3O3/c12-7-8-1-3-9(4-2-8)10(15)14-5-6-17-11(13)16/h1-4H,5-7,12H2,(H2,13,16)(H,14,15). The minimum absolute atomic E-state index is 0.0575. The Hall–Kier alpha value is -2.08. The maximum absolute atomic E-state index is 11.6. The average molecular weight is 237 g/mol. The Morgan fingerprint density at radius 3 is 2.41 bits per heavy atom. The lowest BCUT2D eigenvalue weighted by molar-refractivity contribution is 0.0937. The van der Waals surface area contributed by atoms with E-state index in [2.05, 4.69) is 10.1 Å². The first-order valence-corrected chi connectivity index (χ1v) is 5.13. The summed E-state index contributed by atoms with van der Waals surface area (Å²) in [6, 6.07) is 6.95. The minimum Gasteiger partial charge on any atom is -0.448 e. The van der Waals surface area contributed by atoms with Gasteiger partial charge in [-0.3, -0.25) is 4.79 Å². The molecule has 0 fully saturated rings. The SMILES string of the molecule is NCc1ccc(C(=O)NCCOC(N)=O)cc1. The summed E-state index contributed by atoms with van der Waals surface area (Å²) in [5.74, 6) is -0.235. The first-order valence-electron chi connectivity index (χ1n) is 5.13. The molecule has 0 aliphatic rings. The van der Waals surface area contributed by atoms with Gasteiger partial charge in [0.2, 0.25) is 0 Å². The Kier molecular flexibility index (Phi) is 4.96.